The van der Waals surface area contributed by atoms with Crippen LogP contribution < -0.4 is 11.1 Å². The number of hydrogen-bond acceptors (Lipinski definition) is 4. The van der Waals surface area contributed by atoms with Gasteiger partial charge >= 0.3 is 5.97 Å². The van der Waals surface area contributed by atoms with Crippen LogP contribution in [0.4, 0.5) is 0 Å². The third-order valence-electron chi connectivity index (χ3n) is 15.9. The Labute approximate surface area is 282 Å². The van der Waals surface area contributed by atoms with E-state index >= 15 is 0 Å². The predicted molar refractivity (Wildman–Crippen MR) is 189 cm³/mol. The maximum absolute atomic E-state index is 14.4. The van der Waals surface area contributed by atoms with Gasteiger partial charge in [0.05, 0.1) is 5.41 Å². The summed E-state index contributed by atoms with van der Waals surface area (Å²) in [6.07, 6.45) is 21.2. The lowest BCUT2D eigenvalue weighted by atomic mass is 9.33. The minimum absolute atomic E-state index is 0.0115. The maximum Gasteiger partial charge on any atom is 0.302 e. The fourth-order valence-electron chi connectivity index (χ4n) is 12.8. The first-order valence-electron chi connectivity index (χ1n) is 19.5. The van der Waals surface area contributed by atoms with Crippen molar-refractivity contribution >= 4 is 11.9 Å². The Morgan fingerprint density at radius 1 is 0.848 bits per heavy atom. The number of ether oxygens (including phenoxy) is 1. The van der Waals surface area contributed by atoms with Crippen LogP contribution in [0, 0.1) is 56.7 Å². The zero-order chi connectivity index (χ0) is 33.5. The highest BCUT2D eigenvalue weighted by Crippen LogP contribution is 2.75. The molecule has 46 heavy (non-hydrogen) atoms. The van der Waals surface area contributed by atoms with Gasteiger partial charge in [0.2, 0.25) is 5.91 Å². The summed E-state index contributed by atoms with van der Waals surface area (Å²) >= 11 is 0. The molecule has 4 saturated carbocycles. The number of hydrogen-bond donors (Lipinski definition) is 2. The Morgan fingerprint density at radius 2 is 1.52 bits per heavy atom. The number of amides is 1. The number of allylic oxidation sites excluding steroid dienone is 2. The Morgan fingerprint density at radius 3 is 2.20 bits per heavy atom. The van der Waals surface area contributed by atoms with Gasteiger partial charge in [-0.3, -0.25) is 9.59 Å². The first-order chi connectivity index (χ1) is 21.7. The summed E-state index contributed by atoms with van der Waals surface area (Å²) in [5.41, 5.74) is 7.55. The van der Waals surface area contributed by atoms with Gasteiger partial charge < -0.3 is 15.8 Å². The van der Waals surface area contributed by atoms with Crippen molar-refractivity contribution < 1.29 is 14.3 Å². The van der Waals surface area contributed by atoms with Gasteiger partial charge in [-0.25, -0.2) is 0 Å². The Balaban J connectivity index is 1.36. The van der Waals surface area contributed by atoms with Gasteiger partial charge in [-0.05, 0) is 123 Å². The van der Waals surface area contributed by atoms with Crippen molar-refractivity contribution in [3.63, 3.8) is 0 Å². The summed E-state index contributed by atoms with van der Waals surface area (Å²) in [6.45, 7) is 20.7. The molecule has 4 fully saturated rings. The average Bonchev–Trinajstić information content (AvgIpc) is 2.99. The minimum Gasteiger partial charge on any atom is -0.462 e. The van der Waals surface area contributed by atoms with E-state index in [4.69, 9.17) is 10.5 Å². The summed E-state index contributed by atoms with van der Waals surface area (Å²) in [4.78, 5) is 26.4. The van der Waals surface area contributed by atoms with E-state index in [1.165, 1.54) is 44.9 Å². The fourth-order valence-corrected chi connectivity index (χ4v) is 12.8. The van der Waals surface area contributed by atoms with Crippen molar-refractivity contribution in [3.8, 4) is 0 Å². The van der Waals surface area contributed by atoms with Gasteiger partial charge in [-0.2, -0.15) is 0 Å². The SMILES string of the molecule is CC(=O)O[C@H]1CC[C@]2(C)[C@H]3CC=C4[C@@H]5[C@@H](C)[C@H](C)CC[C@]5(C(=O)NCCCCCCCCCN)CC[C@@]4(C)[C@]3(C)CC[C@H]2C1(C)C. The number of rotatable bonds is 11. The highest BCUT2D eigenvalue weighted by molar-refractivity contribution is 5.84. The highest BCUT2D eigenvalue weighted by Gasteiger charge is 2.69. The molecule has 1 amide bonds. The van der Waals surface area contributed by atoms with Gasteiger partial charge in [-0.1, -0.05) is 92.2 Å². The quantitative estimate of drug-likeness (QED) is 0.134. The third-order valence-corrected chi connectivity index (χ3v) is 15.9. The summed E-state index contributed by atoms with van der Waals surface area (Å²) in [5, 5.41) is 3.51. The average molecular weight is 639 g/mol. The molecule has 5 aliphatic carbocycles. The molecule has 0 unspecified atom stereocenters. The van der Waals surface area contributed by atoms with E-state index in [0.717, 1.165) is 70.9 Å². The molecular formula is C41H70N2O3. The lowest BCUT2D eigenvalue weighted by Gasteiger charge is -2.71. The number of esters is 1. The number of nitrogens with two attached hydrogens (primary N) is 1. The van der Waals surface area contributed by atoms with Crippen LogP contribution in [0.1, 0.15) is 158 Å². The molecule has 5 rings (SSSR count). The van der Waals surface area contributed by atoms with Crippen LogP contribution >= 0.6 is 0 Å². The molecule has 3 N–H and O–H groups in total. The molecule has 0 heterocycles. The minimum atomic E-state index is -0.256. The Kier molecular flexibility index (Phi) is 10.6. The summed E-state index contributed by atoms with van der Waals surface area (Å²) in [6, 6.07) is 0. The van der Waals surface area contributed by atoms with Crippen molar-refractivity contribution in [1.82, 2.24) is 5.32 Å². The first-order valence-corrected chi connectivity index (χ1v) is 19.5. The molecule has 5 aliphatic rings. The molecule has 0 aromatic heterocycles. The Bertz CT molecular complexity index is 1150. The third kappa shape index (κ3) is 5.83. The molecular weight excluding hydrogens is 568 g/mol. The topological polar surface area (TPSA) is 81.4 Å². The van der Waals surface area contributed by atoms with E-state index in [1.807, 2.05) is 0 Å². The van der Waals surface area contributed by atoms with Crippen LogP contribution in [0.15, 0.2) is 11.6 Å². The number of nitrogens with one attached hydrogen (secondary N) is 1. The van der Waals surface area contributed by atoms with Crippen molar-refractivity contribution in [2.24, 2.45) is 62.4 Å². The van der Waals surface area contributed by atoms with Gasteiger partial charge in [0, 0.05) is 18.9 Å². The smallest absolute Gasteiger partial charge is 0.302 e. The molecule has 0 aliphatic heterocycles. The van der Waals surface area contributed by atoms with Gasteiger partial charge in [-0.15, -0.1) is 0 Å². The van der Waals surface area contributed by atoms with Crippen molar-refractivity contribution in [3.05, 3.63) is 11.6 Å². The second kappa shape index (κ2) is 13.5. The zero-order valence-corrected chi connectivity index (χ0v) is 31.1. The molecule has 0 radical (unpaired) electrons. The van der Waals surface area contributed by atoms with Crippen LogP contribution in [-0.2, 0) is 14.3 Å². The van der Waals surface area contributed by atoms with Crippen LogP contribution in [0.2, 0.25) is 0 Å². The number of unbranched alkanes of at least 4 members (excludes halogenated alkanes) is 6. The van der Waals surface area contributed by atoms with E-state index in [9.17, 15) is 9.59 Å². The number of carbonyl (C=O) groups excluding carboxylic acids is 2. The molecule has 0 saturated heterocycles. The molecule has 0 aromatic carbocycles. The molecule has 10 atom stereocenters. The zero-order valence-electron chi connectivity index (χ0n) is 31.1. The predicted octanol–water partition coefficient (Wildman–Crippen LogP) is 9.38. The van der Waals surface area contributed by atoms with E-state index in [0.29, 0.717) is 35.5 Å². The summed E-state index contributed by atoms with van der Waals surface area (Å²) in [5.74, 6) is 2.88. The van der Waals surface area contributed by atoms with Crippen LogP contribution in [-0.4, -0.2) is 31.1 Å². The molecule has 5 heteroatoms. The lowest BCUT2D eigenvalue weighted by molar-refractivity contribution is -0.212. The molecule has 0 spiro atoms. The van der Waals surface area contributed by atoms with Crippen molar-refractivity contribution in [2.75, 3.05) is 13.1 Å². The normalized spacial score (nSPS) is 42.8. The van der Waals surface area contributed by atoms with E-state index in [-0.39, 0.29) is 39.1 Å². The summed E-state index contributed by atoms with van der Waals surface area (Å²) in [7, 11) is 0. The first kappa shape index (κ1) is 35.9. The van der Waals surface area contributed by atoms with Gasteiger partial charge in [0.25, 0.3) is 0 Å². The van der Waals surface area contributed by atoms with Crippen LogP contribution in [0.25, 0.3) is 0 Å². The van der Waals surface area contributed by atoms with Crippen molar-refractivity contribution in [2.45, 2.75) is 164 Å². The highest BCUT2D eigenvalue weighted by atomic mass is 16.5. The van der Waals surface area contributed by atoms with Gasteiger partial charge in [0.15, 0.2) is 0 Å². The van der Waals surface area contributed by atoms with Gasteiger partial charge in [0.1, 0.15) is 6.10 Å². The second-order valence-electron chi connectivity index (χ2n) is 18.3. The summed E-state index contributed by atoms with van der Waals surface area (Å²) < 4.78 is 5.95. The Hall–Kier alpha value is -1.36. The van der Waals surface area contributed by atoms with E-state index in [2.05, 4.69) is 59.9 Å². The monoisotopic (exact) mass is 639 g/mol. The maximum atomic E-state index is 14.4. The number of fused-ring (bicyclic) bond motifs is 7. The number of carbonyl (C=O) groups is 2. The second-order valence-corrected chi connectivity index (χ2v) is 18.3. The van der Waals surface area contributed by atoms with E-state index < -0.39 is 0 Å². The molecule has 0 aromatic rings. The molecule has 0 bridgehead atoms. The standard InChI is InChI=1S/C41H70N2O3/c1-28-18-23-41(36(45)43-27-15-13-11-9-10-12-14-26-42)25-24-39(7)31(35(41)29(28)2)16-17-33-38(6)21-20-34(46-30(3)44)37(4,5)32(38)19-22-40(33,39)8/h16,28-29,32-35H,9-15,17-27,42H2,1-8H3,(H,43,45)/t28-,29+,32+,33-,34+,35+,38+,39-,40-,41+/m1/s1. The largest absolute Gasteiger partial charge is 0.462 e. The van der Waals surface area contributed by atoms with Crippen LogP contribution in [0.5, 0.6) is 0 Å². The molecule has 5 nitrogen and oxygen atoms in total. The van der Waals surface area contributed by atoms with Crippen LogP contribution in [0.3, 0.4) is 0 Å². The lowest BCUT2D eigenvalue weighted by Crippen LogP contribution is -2.66. The molecule has 262 valence electrons. The van der Waals surface area contributed by atoms with Crippen molar-refractivity contribution in [1.29, 1.82) is 0 Å². The fraction of sp³-hybridized carbons (Fsp3) is 0.902. The van der Waals surface area contributed by atoms with E-state index in [1.54, 1.807) is 12.5 Å².